The molecule has 136 valence electrons. The lowest BCUT2D eigenvalue weighted by Gasteiger charge is -2.07. The van der Waals surface area contributed by atoms with Crippen LogP contribution >= 0.6 is 0 Å². The zero-order valence-corrected chi connectivity index (χ0v) is 14.9. The first-order valence-corrected chi connectivity index (χ1v) is 8.64. The summed E-state index contributed by atoms with van der Waals surface area (Å²) in [7, 11) is 0. The van der Waals surface area contributed by atoms with Crippen LogP contribution in [0.4, 0.5) is 0 Å². The van der Waals surface area contributed by atoms with E-state index in [1.807, 2.05) is 54.6 Å². The number of pyridine rings is 1. The van der Waals surface area contributed by atoms with Gasteiger partial charge in [0.05, 0.1) is 12.2 Å². The molecule has 0 aliphatic carbocycles. The van der Waals surface area contributed by atoms with Gasteiger partial charge in [0.1, 0.15) is 17.2 Å². The van der Waals surface area contributed by atoms with E-state index in [4.69, 9.17) is 9.47 Å². The summed E-state index contributed by atoms with van der Waals surface area (Å²) in [4.78, 5) is 28.3. The molecule has 0 amide bonds. The maximum atomic E-state index is 12.5. The Morgan fingerprint density at radius 2 is 1.63 bits per heavy atom. The van der Waals surface area contributed by atoms with Gasteiger partial charge in [-0.2, -0.15) is 0 Å². The van der Waals surface area contributed by atoms with Crippen LogP contribution in [0.3, 0.4) is 0 Å². The number of Topliss-reactive ketones (excluding diaryl/α,β-unsaturated/α-hetero) is 1. The minimum absolute atomic E-state index is 0.169. The number of hydrogen-bond donors (Lipinski definition) is 0. The first kappa shape index (κ1) is 18.3. The van der Waals surface area contributed by atoms with Crippen LogP contribution in [0.2, 0.25) is 0 Å². The normalized spacial score (nSPS) is 10.3. The fraction of sp³-hybridized carbons (Fsp3) is 0.136. The van der Waals surface area contributed by atoms with Gasteiger partial charge in [-0.3, -0.25) is 9.78 Å². The number of aromatic nitrogens is 1. The summed E-state index contributed by atoms with van der Waals surface area (Å²) >= 11 is 0. The largest absolute Gasteiger partial charge is 0.462 e. The van der Waals surface area contributed by atoms with Gasteiger partial charge in [-0.25, -0.2) is 4.79 Å². The molecule has 0 spiro atoms. The number of nitrogens with zero attached hydrogens (tertiary/aromatic N) is 1. The maximum Gasteiger partial charge on any atom is 0.338 e. The molecule has 0 N–H and O–H groups in total. The van der Waals surface area contributed by atoms with Crippen LogP contribution in [0, 0.1) is 0 Å². The summed E-state index contributed by atoms with van der Waals surface area (Å²) in [6, 6.07) is 19.8. The molecule has 0 aliphatic heterocycles. The van der Waals surface area contributed by atoms with Crippen LogP contribution in [-0.2, 0) is 11.2 Å². The molecule has 2 aromatic carbocycles. The first-order chi connectivity index (χ1) is 13.2. The Morgan fingerprint density at radius 1 is 0.926 bits per heavy atom. The highest BCUT2D eigenvalue weighted by atomic mass is 16.5. The van der Waals surface area contributed by atoms with Crippen molar-refractivity contribution in [2.75, 3.05) is 6.61 Å². The fourth-order valence-corrected chi connectivity index (χ4v) is 2.50. The Bertz CT molecular complexity index is 921. The highest BCUT2D eigenvalue weighted by Gasteiger charge is 2.13. The van der Waals surface area contributed by atoms with E-state index in [0.717, 1.165) is 11.3 Å². The van der Waals surface area contributed by atoms with Crippen LogP contribution in [-0.4, -0.2) is 23.3 Å². The molecule has 3 aromatic rings. The second-order valence-electron chi connectivity index (χ2n) is 5.81. The highest BCUT2D eigenvalue weighted by molar-refractivity contribution is 5.98. The number of ketones is 1. The molecular formula is C22H19NO4. The van der Waals surface area contributed by atoms with Gasteiger partial charge in [0.25, 0.3) is 0 Å². The zero-order chi connectivity index (χ0) is 19.1. The van der Waals surface area contributed by atoms with Crippen molar-refractivity contribution in [3.63, 3.8) is 0 Å². The minimum Gasteiger partial charge on any atom is -0.462 e. The lowest BCUT2D eigenvalue weighted by atomic mass is 10.1. The van der Waals surface area contributed by atoms with Crippen molar-refractivity contribution in [3.05, 3.63) is 89.7 Å². The van der Waals surface area contributed by atoms with Crippen LogP contribution in [0.15, 0.2) is 72.9 Å². The lowest BCUT2D eigenvalue weighted by Crippen LogP contribution is -2.10. The van der Waals surface area contributed by atoms with Gasteiger partial charge in [0, 0.05) is 12.6 Å². The SMILES string of the molecule is CCOC(=O)c1ccnc(C(=O)Cc2ccc(Oc3ccccc3)cc2)c1. The van der Waals surface area contributed by atoms with Crippen molar-refractivity contribution in [3.8, 4) is 11.5 Å². The van der Waals surface area contributed by atoms with Gasteiger partial charge in [-0.05, 0) is 48.9 Å². The van der Waals surface area contributed by atoms with Gasteiger partial charge in [-0.15, -0.1) is 0 Å². The third-order valence-electron chi connectivity index (χ3n) is 3.82. The van der Waals surface area contributed by atoms with Crippen LogP contribution in [0.25, 0.3) is 0 Å². The molecule has 27 heavy (non-hydrogen) atoms. The number of rotatable bonds is 7. The predicted molar refractivity (Wildman–Crippen MR) is 101 cm³/mol. The summed E-state index contributed by atoms with van der Waals surface area (Å²) in [5.41, 5.74) is 1.40. The number of benzene rings is 2. The fourth-order valence-electron chi connectivity index (χ4n) is 2.50. The molecule has 5 heteroatoms. The number of carbonyl (C=O) groups excluding carboxylic acids is 2. The van der Waals surface area contributed by atoms with Crippen LogP contribution < -0.4 is 4.74 Å². The van der Waals surface area contributed by atoms with Crippen LogP contribution in [0.1, 0.15) is 33.3 Å². The average molecular weight is 361 g/mol. The molecule has 5 nitrogen and oxygen atoms in total. The predicted octanol–water partition coefficient (Wildman–Crippen LogP) is 4.48. The Kier molecular flexibility index (Phi) is 5.94. The van der Waals surface area contributed by atoms with Gasteiger partial charge in [0.15, 0.2) is 5.78 Å². The van der Waals surface area contributed by atoms with E-state index in [0.29, 0.717) is 11.3 Å². The molecule has 0 fully saturated rings. The van der Waals surface area contributed by atoms with E-state index in [-0.39, 0.29) is 24.5 Å². The molecule has 3 rings (SSSR count). The van der Waals surface area contributed by atoms with Gasteiger partial charge < -0.3 is 9.47 Å². The standard InChI is InChI=1S/C22H19NO4/c1-2-26-22(25)17-12-13-23-20(15-17)21(24)14-16-8-10-19(11-9-16)27-18-6-4-3-5-7-18/h3-13,15H,2,14H2,1H3. The number of para-hydroxylation sites is 1. The van der Waals surface area contributed by atoms with Crippen LogP contribution in [0.5, 0.6) is 11.5 Å². The topological polar surface area (TPSA) is 65.5 Å². The van der Waals surface area contributed by atoms with Gasteiger partial charge in [0.2, 0.25) is 0 Å². The molecule has 0 saturated carbocycles. The Hall–Kier alpha value is -3.47. The Morgan fingerprint density at radius 3 is 2.33 bits per heavy atom. The average Bonchev–Trinajstić information content (AvgIpc) is 2.70. The third kappa shape index (κ3) is 5.01. The summed E-state index contributed by atoms with van der Waals surface area (Å²) in [6.07, 6.45) is 1.63. The minimum atomic E-state index is -0.462. The maximum absolute atomic E-state index is 12.5. The van der Waals surface area contributed by atoms with Crippen molar-refractivity contribution in [1.29, 1.82) is 0 Å². The van der Waals surface area contributed by atoms with Crippen molar-refractivity contribution in [1.82, 2.24) is 4.98 Å². The van der Waals surface area contributed by atoms with Crippen molar-refractivity contribution in [2.45, 2.75) is 13.3 Å². The molecule has 0 aliphatic rings. The molecule has 0 atom stereocenters. The van der Waals surface area contributed by atoms with Crippen molar-refractivity contribution >= 4 is 11.8 Å². The second kappa shape index (κ2) is 8.76. The molecule has 0 saturated heterocycles. The van der Waals surface area contributed by atoms with Gasteiger partial charge >= 0.3 is 5.97 Å². The Labute approximate surface area is 157 Å². The molecule has 0 radical (unpaired) electrons. The quantitative estimate of drug-likeness (QED) is 0.459. The molecule has 1 aromatic heterocycles. The van der Waals surface area contributed by atoms with E-state index in [9.17, 15) is 9.59 Å². The molecule has 1 heterocycles. The monoisotopic (exact) mass is 361 g/mol. The van der Waals surface area contributed by atoms with E-state index in [1.165, 1.54) is 18.3 Å². The van der Waals surface area contributed by atoms with E-state index < -0.39 is 5.97 Å². The second-order valence-corrected chi connectivity index (χ2v) is 5.81. The number of ether oxygens (including phenoxy) is 2. The first-order valence-electron chi connectivity index (χ1n) is 8.64. The highest BCUT2D eigenvalue weighted by Crippen LogP contribution is 2.21. The number of hydrogen-bond acceptors (Lipinski definition) is 5. The Balaban J connectivity index is 1.66. The summed E-state index contributed by atoms with van der Waals surface area (Å²) < 4.78 is 10.7. The summed E-state index contributed by atoms with van der Waals surface area (Å²) in [6.45, 7) is 2.01. The van der Waals surface area contributed by atoms with E-state index in [1.54, 1.807) is 6.92 Å². The summed E-state index contributed by atoms with van der Waals surface area (Å²) in [5.74, 6) is 0.815. The zero-order valence-electron chi connectivity index (χ0n) is 14.9. The smallest absolute Gasteiger partial charge is 0.338 e. The third-order valence-corrected chi connectivity index (χ3v) is 3.82. The lowest BCUT2D eigenvalue weighted by molar-refractivity contribution is 0.0526. The molecule has 0 unspecified atom stereocenters. The van der Waals surface area contributed by atoms with Gasteiger partial charge in [-0.1, -0.05) is 30.3 Å². The van der Waals surface area contributed by atoms with Crippen molar-refractivity contribution < 1.29 is 19.1 Å². The summed E-state index contributed by atoms with van der Waals surface area (Å²) in [5, 5.41) is 0. The van der Waals surface area contributed by atoms with E-state index >= 15 is 0 Å². The van der Waals surface area contributed by atoms with E-state index in [2.05, 4.69) is 4.98 Å². The van der Waals surface area contributed by atoms with Crippen molar-refractivity contribution in [2.24, 2.45) is 0 Å². The molecule has 0 bridgehead atoms. The number of carbonyl (C=O) groups is 2. The molecular weight excluding hydrogens is 342 g/mol. The number of esters is 1.